The molecule has 2 aromatic rings. The molecule has 1 amide bonds. The van der Waals surface area contributed by atoms with E-state index in [1.54, 1.807) is 37.3 Å². The van der Waals surface area contributed by atoms with Gasteiger partial charge in [-0.2, -0.15) is 0 Å². The number of aliphatic hydroxyl groups is 4. The Labute approximate surface area is 205 Å². The number of Topliss-reactive ketones (excluding diaryl/α,β-unsaturated/α-hetero) is 2. The number of anilines is 1. The van der Waals surface area contributed by atoms with Gasteiger partial charge < -0.3 is 37.0 Å². The molecular weight excluding hydrogens is 468 g/mol. The highest BCUT2D eigenvalue weighted by atomic mass is 16.4. The zero-order chi connectivity index (χ0) is 26.3. The molecule has 0 spiro atoms. The van der Waals surface area contributed by atoms with Gasteiger partial charge in [0.15, 0.2) is 22.9 Å². The number of hydrogen-bond acceptors (Lipinski definition) is 9. The molecule has 9 N–H and O–H groups in total. The van der Waals surface area contributed by atoms with Crippen LogP contribution in [0.25, 0.3) is 11.1 Å². The standard InChI is InChI=1S/C26H26N2O8/c1-9-11-7-12(10-5-3-2-4-6-10)19(27)22(32)16(11)21(31)18-15(9)20(30)13-8-14(29)17(25(28)35)23(33)26(13,36)24(18)34/h2-7,9,13-15,17,20,29-30,32,34,36H,8,27H2,1H3,(H2,28,35)/t9-,13+,14?,15+,17?,20+,26+/m0/s1. The number of amides is 1. The molecule has 10 heteroatoms. The number of aliphatic hydroxyl groups excluding tert-OH is 3. The molecule has 10 nitrogen and oxygen atoms in total. The Kier molecular flexibility index (Phi) is 5.26. The second-order valence-corrected chi connectivity index (χ2v) is 9.83. The molecule has 3 aliphatic carbocycles. The van der Waals surface area contributed by atoms with Gasteiger partial charge in [-0.1, -0.05) is 37.3 Å². The van der Waals surface area contributed by atoms with E-state index in [-0.39, 0.29) is 11.3 Å². The summed E-state index contributed by atoms with van der Waals surface area (Å²) in [6.45, 7) is 1.68. The second kappa shape index (κ2) is 7.89. The van der Waals surface area contributed by atoms with E-state index in [2.05, 4.69) is 0 Å². The minimum atomic E-state index is -2.82. The van der Waals surface area contributed by atoms with Gasteiger partial charge in [-0.25, -0.2) is 0 Å². The van der Waals surface area contributed by atoms with Crippen molar-refractivity contribution in [2.24, 2.45) is 23.5 Å². The molecule has 2 unspecified atom stereocenters. The molecule has 0 heterocycles. The zero-order valence-electron chi connectivity index (χ0n) is 19.3. The van der Waals surface area contributed by atoms with E-state index >= 15 is 0 Å². The largest absolute Gasteiger partial charge is 0.508 e. The number of ketones is 2. The molecule has 0 saturated heterocycles. The van der Waals surface area contributed by atoms with Crippen LogP contribution in [0.4, 0.5) is 5.69 Å². The summed E-state index contributed by atoms with van der Waals surface area (Å²) in [6, 6.07) is 10.6. The van der Waals surface area contributed by atoms with Crippen LogP contribution in [0, 0.1) is 17.8 Å². The Balaban J connectivity index is 1.74. The molecule has 3 aliphatic rings. The summed E-state index contributed by atoms with van der Waals surface area (Å²) >= 11 is 0. The van der Waals surface area contributed by atoms with E-state index in [1.165, 1.54) is 0 Å². The van der Waals surface area contributed by atoms with Gasteiger partial charge in [0.05, 0.1) is 23.5 Å². The predicted octanol–water partition coefficient (Wildman–Crippen LogP) is 0.526. The fraction of sp³-hybridized carbons (Fsp3) is 0.346. The number of rotatable bonds is 2. The van der Waals surface area contributed by atoms with Gasteiger partial charge in [0.25, 0.3) is 0 Å². The fourth-order valence-corrected chi connectivity index (χ4v) is 6.23. The highest BCUT2D eigenvalue weighted by Crippen LogP contribution is 2.56. The first kappa shape index (κ1) is 24.0. The molecule has 0 aliphatic heterocycles. The van der Waals surface area contributed by atoms with Gasteiger partial charge in [-0.15, -0.1) is 0 Å². The summed E-state index contributed by atoms with van der Waals surface area (Å²) in [6.07, 6.45) is -3.55. The molecular formula is C26H26N2O8. The van der Waals surface area contributed by atoms with Crippen molar-refractivity contribution in [2.45, 2.75) is 37.1 Å². The summed E-state index contributed by atoms with van der Waals surface area (Å²) in [5.41, 5.74) is 9.42. The lowest BCUT2D eigenvalue weighted by molar-refractivity contribution is -0.179. The van der Waals surface area contributed by atoms with Crippen LogP contribution < -0.4 is 11.5 Å². The van der Waals surface area contributed by atoms with Crippen molar-refractivity contribution in [3.8, 4) is 16.9 Å². The normalized spacial score (nSPS) is 33.6. The smallest absolute Gasteiger partial charge is 0.230 e. The highest BCUT2D eigenvalue weighted by Gasteiger charge is 2.66. The van der Waals surface area contributed by atoms with Crippen LogP contribution in [0.3, 0.4) is 0 Å². The molecule has 36 heavy (non-hydrogen) atoms. The van der Waals surface area contributed by atoms with E-state index < -0.39 is 82.5 Å². The number of nitrogens with two attached hydrogens (primary N) is 2. The van der Waals surface area contributed by atoms with Gasteiger partial charge >= 0.3 is 0 Å². The van der Waals surface area contributed by atoms with Crippen molar-refractivity contribution in [3.05, 3.63) is 58.9 Å². The van der Waals surface area contributed by atoms with Crippen LogP contribution >= 0.6 is 0 Å². The number of benzene rings is 2. The maximum atomic E-state index is 13.7. The third-order valence-corrected chi connectivity index (χ3v) is 8.07. The molecule has 7 atom stereocenters. The number of phenols is 1. The molecule has 0 aromatic heterocycles. The first-order valence-corrected chi connectivity index (χ1v) is 11.5. The van der Waals surface area contributed by atoms with E-state index in [4.69, 9.17) is 11.5 Å². The Bertz CT molecular complexity index is 1350. The van der Waals surface area contributed by atoms with E-state index in [0.717, 1.165) is 0 Å². The number of primary amides is 1. The first-order valence-electron chi connectivity index (χ1n) is 11.5. The summed E-state index contributed by atoms with van der Waals surface area (Å²) in [5, 5.41) is 55.3. The molecule has 2 aromatic carbocycles. The summed E-state index contributed by atoms with van der Waals surface area (Å²) in [4.78, 5) is 38.6. The quantitative estimate of drug-likeness (QED) is 0.176. The lowest BCUT2D eigenvalue weighted by Crippen LogP contribution is -2.67. The summed E-state index contributed by atoms with van der Waals surface area (Å²) < 4.78 is 0. The maximum absolute atomic E-state index is 13.7. The number of carbonyl (C=O) groups excluding carboxylic acids is 3. The number of phenolic OH excluding ortho intramolecular Hbond substituents is 1. The zero-order valence-corrected chi connectivity index (χ0v) is 19.3. The van der Waals surface area contributed by atoms with Gasteiger partial charge in [-0.3, -0.25) is 14.4 Å². The van der Waals surface area contributed by atoms with Crippen molar-refractivity contribution in [1.29, 1.82) is 0 Å². The highest BCUT2D eigenvalue weighted by molar-refractivity contribution is 6.17. The number of aromatic hydroxyl groups is 1. The number of carbonyl (C=O) groups is 3. The van der Waals surface area contributed by atoms with Crippen LogP contribution in [0.2, 0.25) is 0 Å². The Morgan fingerprint density at radius 2 is 1.75 bits per heavy atom. The Morgan fingerprint density at radius 3 is 2.36 bits per heavy atom. The van der Waals surface area contributed by atoms with Crippen LogP contribution in [0.5, 0.6) is 5.75 Å². The van der Waals surface area contributed by atoms with Crippen molar-refractivity contribution in [1.82, 2.24) is 0 Å². The van der Waals surface area contributed by atoms with Crippen LogP contribution in [0.15, 0.2) is 47.7 Å². The van der Waals surface area contributed by atoms with Gasteiger partial charge in [0, 0.05) is 23.0 Å². The topological polar surface area (TPSA) is 204 Å². The summed E-state index contributed by atoms with van der Waals surface area (Å²) in [7, 11) is 0. The molecule has 0 radical (unpaired) electrons. The van der Waals surface area contributed by atoms with E-state index in [0.29, 0.717) is 16.7 Å². The third-order valence-electron chi connectivity index (χ3n) is 8.07. The summed E-state index contributed by atoms with van der Waals surface area (Å²) in [5.74, 6) is -9.94. The first-order chi connectivity index (χ1) is 16.9. The monoisotopic (exact) mass is 494 g/mol. The van der Waals surface area contributed by atoms with E-state index in [9.17, 15) is 39.9 Å². The van der Waals surface area contributed by atoms with Gasteiger partial charge in [0.1, 0.15) is 11.7 Å². The Morgan fingerprint density at radius 1 is 1.11 bits per heavy atom. The van der Waals surface area contributed by atoms with Gasteiger partial charge in [0.2, 0.25) is 5.91 Å². The molecule has 188 valence electrons. The van der Waals surface area contributed by atoms with Crippen molar-refractivity contribution < 1.29 is 39.9 Å². The number of fused-ring (bicyclic) bond motifs is 3. The average Bonchev–Trinajstić information content (AvgIpc) is 2.83. The fourth-order valence-electron chi connectivity index (χ4n) is 6.23. The molecule has 0 bridgehead atoms. The van der Waals surface area contributed by atoms with Crippen LogP contribution in [-0.2, 0) is 9.59 Å². The molecule has 5 rings (SSSR count). The molecule has 1 saturated carbocycles. The SMILES string of the molecule is C[C@H]1c2cc(-c3ccccc3)c(N)c(O)c2C(=O)C2=C(O)[C@]3(O)C(=O)C(C(N)=O)C(O)C[C@@H]3[C@@H](O)[C@@H]21. The van der Waals surface area contributed by atoms with Crippen molar-refractivity contribution in [2.75, 3.05) is 5.73 Å². The van der Waals surface area contributed by atoms with Crippen molar-refractivity contribution >= 4 is 23.2 Å². The van der Waals surface area contributed by atoms with Crippen LogP contribution in [0.1, 0.15) is 35.2 Å². The second-order valence-electron chi connectivity index (χ2n) is 9.83. The van der Waals surface area contributed by atoms with Crippen LogP contribution in [-0.4, -0.2) is 60.8 Å². The third kappa shape index (κ3) is 2.92. The lowest BCUT2D eigenvalue weighted by atomic mass is 9.54. The Hall–Kier alpha value is -3.73. The minimum absolute atomic E-state index is 0.0716. The minimum Gasteiger partial charge on any atom is -0.508 e. The van der Waals surface area contributed by atoms with Gasteiger partial charge in [-0.05, 0) is 29.5 Å². The van der Waals surface area contributed by atoms with E-state index in [1.807, 2.05) is 6.07 Å². The van der Waals surface area contributed by atoms with Crippen molar-refractivity contribution in [3.63, 3.8) is 0 Å². The molecule has 1 fully saturated rings. The predicted molar refractivity (Wildman–Crippen MR) is 127 cm³/mol. The lowest BCUT2D eigenvalue weighted by Gasteiger charge is -2.52. The number of nitrogen functional groups attached to an aromatic ring is 1. The maximum Gasteiger partial charge on any atom is 0.230 e. The average molecular weight is 495 g/mol. The number of hydrogen-bond donors (Lipinski definition) is 7.